The fourth-order valence-corrected chi connectivity index (χ4v) is 2.49. The normalized spacial score (nSPS) is 12.4. The molecule has 1 aromatic heterocycles. The molecule has 134 valence electrons. The first-order chi connectivity index (χ1) is 11.7. The zero-order valence-electron chi connectivity index (χ0n) is 14.2. The fraction of sp³-hybridized carbons (Fsp3) is 0.353. The molecule has 1 atom stereocenters. The van der Waals surface area contributed by atoms with Crippen LogP contribution in [0.4, 0.5) is 10.6 Å². The first kappa shape index (κ1) is 19.5. The van der Waals surface area contributed by atoms with Gasteiger partial charge in [-0.05, 0) is 53.9 Å². The van der Waals surface area contributed by atoms with Crippen LogP contribution in [-0.4, -0.2) is 28.2 Å². The standard InChI is InChI=1S/C17H20BrClN4O2/c1-17(2,3)25-16(24)21-10-13(11-7-5-4-6-8-11)22-14-12(18)9-20-15(19)23-14/h4-9,13H,10H2,1-3H3,(H,21,24)(H,20,22,23)/t13-/m0/s1. The molecule has 6 nitrogen and oxygen atoms in total. The van der Waals surface area contributed by atoms with E-state index < -0.39 is 11.7 Å². The summed E-state index contributed by atoms with van der Waals surface area (Å²) in [6.07, 6.45) is 1.09. The molecule has 1 heterocycles. The number of benzene rings is 1. The summed E-state index contributed by atoms with van der Waals surface area (Å²) in [6.45, 7) is 5.77. The van der Waals surface area contributed by atoms with Crippen molar-refractivity contribution in [3.05, 3.63) is 51.8 Å². The number of nitrogens with one attached hydrogen (secondary N) is 2. The summed E-state index contributed by atoms with van der Waals surface area (Å²) in [7, 11) is 0. The maximum atomic E-state index is 12.0. The van der Waals surface area contributed by atoms with Gasteiger partial charge in [0, 0.05) is 12.7 Å². The van der Waals surface area contributed by atoms with Crippen LogP contribution in [0.2, 0.25) is 5.28 Å². The minimum Gasteiger partial charge on any atom is -0.444 e. The number of alkyl carbamates (subject to hydrolysis) is 1. The average molecular weight is 428 g/mol. The van der Waals surface area contributed by atoms with E-state index >= 15 is 0 Å². The number of halogens is 2. The predicted octanol–water partition coefficient (Wildman–Crippen LogP) is 4.57. The van der Waals surface area contributed by atoms with E-state index in [9.17, 15) is 4.79 Å². The number of amides is 1. The minimum absolute atomic E-state index is 0.137. The topological polar surface area (TPSA) is 76.1 Å². The van der Waals surface area contributed by atoms with Gasteiger partial charge in [0.15, 0.2) is 0 Å². The lowest BCUT2D eigenvalue weighted by Crippen LogP contribution is -2.36. The Hall–Kier alpha value is -1.86. The SMILES string of the molecule is CC(C)(C)OC(=O)NC[C@H](Nc1nc(Cl)ncc1Br)c1ccccc1. The van der Waals surface area contributed by atoms with E-state index in [4.69, 9.17) is 16.3 Å². The summed E-state index contributed by atoms with van der Waals surface area (Å²) in [5, 5.41) is 6.18. The largest absolute Gasteiger partial charge is 0.444 e. The van der Waals surface area contributed by atoms with Crippen molar-refractivity contribution < 1.29 is 9.53 Å². The van der Waals surface area contributed by atoms with E-state index in [0.717, 1.165) is 5.56 Å². The molecule has 0 radical (unpaired) electrons. The number of hydrogen-bond acceptors (Lipinski definition) is 5. The molecule has 2 aromatic rings. The number of carbonyl (C=O) groups is 1. The van der Waals surface area contributed by atoms with Crippen LogP contribution in [0.25, 0.3) is 0 Å². The Bertz CT molecular complexity index is 722. The first-order valence-corrected chi connectivity index (χ1v) is 8.88. The van der Waals surface area contributed by atoms with Gasteiger partial charge in [-0.25, -0.2) is 9.78 Å². The van der Waals surface area contributed by atoms with Crippen LogP contribution in [0.1, 0.15) is 32.4 Å². The monoisotopic (exact) mass is 426 g/mol. The lowest BCUT2D eigenvalue weighted by atomic mass is 10.1. The number of rotatable bonds is 5. The molecule has 1 amide bonds. The molecule has 2 rings (SSSR count). The van der Waals surface area contributed by atoms with Gasteiger partial charge in [0.25, 0.3) is 0 Å². The smallest absolute Gasteiger partial charge is 0.407 e. The molecule has 0 aliphatic heterocycles. The first-order valence-electron chi connectivity index (χ1n) is 7.71. The van der Waals surface area contributed by atoms with Gasteiger partial charge in [0.2, 0.25) is 5.28 Å². The molecule has 0 aliphatic rings. The molecule has 0 spiro atoms. The summed E-state index contributed by atoms with van der Waals surface area (Å²) >= 11 is 9.27. The van der Waals surface area contributed by atoms with Gasteiger partial charge in [-0.1, -0.05) is 30.3 Å². The second-order valence-corrected chi connectivity index (χ2v) is 7.52. The quantitative estimate of drug-likeness (QED) is 0.684. The van der Waals surface area contributed by atoms with Gasteiger partial charge in [0.1, 0.15) is 11.4 Å². The molecular formula is C17H20BrClN4O2. The van der Waals surface area contributed by atoms with Crippen LogP contribution >= 0.6 is 27.5 Å². The Kier molecular flexibility index (Phi) is 6.61. The van der Waals surface area contributed by atoms with Gasteiger partial charge < -0.3 is 15.4 Å². The Morgan fingerprint density at radius 1 is 1.32 bits per heavy atom. The van der Waals surface area contributed by atoms with Crippen molar-refractivity contribution >= 4 is 39.4 Å². The molecule has 2 N–H and O–H groups in total. The van der Waals surface area contributed by atoms with Gasteiger partial charge in [-0.15, -0.1) is 0 Å². The summed E-state index contributed by atoms with van der Waals surface area (Å²) in [5.41, 5.74) is 0.434. The van der Waals surface area contributed by atoms with Crippen LogP contribution in [0.5, 0.6) is 0 Å². The highest BCUT2D eigenvalue weighted by Gasteiger charge is 2.19. The molecule has 0 aliphatic carbocycles. The van der Waals surface area contributed by atoms with Crippen molar-refractivity contribution in [1.82, 2.24) is 15.3 Å². The number of hydrogen-bond donors (Lipinski definition) is 2. The van der Waals surface area contributed by atoms with Crippen molar-refractivity contribution in [2.75, 3.05) is 11.9 Å². The van der Waals surface area contributed by atoms with Gasteiger partial charge in [0.05, 0.1) is 10.5 Å². The van der Waals surface area contributed by atoms with E-state index in [1.807, 2.05) is 51.1 Å². The molecular weight excluding hydrogens is 408 g/mol. The molecule has 8 heteroatoms. The molecule has 0 saturated heterocycles. The summed E-state index contributed by atoms with van der Waals surface area (Å²) in [5.74, 6) is 0.542. The van der Waals surface area contributed by atoms with Gasteiger partial charge in [-0.2, -0.15) is 4.98 Å². The Morgan fingerprint density at radius 2 is 2.00 bits per heavy atom. The Morgan fingerprint density at radius 3 is 2.64 bits per heavy atom. The summed E-state index contributed by atoms with van der Waals surface area (Å²) in [4.78, 5) is 20.0. The molecule has 1 aromatic carbocycles. The predicted molar refractivity (Wildman–Crippen MR) is 102 cm³/mol. The average Bonchev–Trinajstić information content (AvgIpc) is 2.53. The number of nitrogens with zero attached hydrogens (tertiary/aromatic N) is 2. The van der Waals surface area contributed by atoms with Crippen LogP contribution < -0.4 is 10.6 Å². The number of anilines is 1. The summed E-state index contributed by atoms with van der Waals surface area (Å²) < 4.78 is 5.96. The third-order valence-electron chi connectivity index (χ3n) is 3.08. The van der Waals surface area contributed by atoms with Crippen molar-refractivity contribution in [2.45, 2.75) is 32.4 Å². The zero-order chi connectivity index (χ0) is 18.4. The second kappa shape index (κ2) is 8.49. The van der Waals surface area contributed by atoms with Gasteiger partial charge in [-0.3, -0.25) is 0 Å². The van der Waals surface area contributed by atoms with Crippen molar-refractivity contribution in [3.63, 3.8) is 0 Å². The Labute approximate surface area is 160 Å². The third kappa shape index (κ3) is 6.51. The summed E-state index contributed by atoms with van der Waals surface area (Å²) in [6, 6.07) is 9.49. The van der Waals surface area contributed by atoms with Crippen LogP contribution in [0, 0.1) is 0 Å². The molecule has 0 unspecified atom stereocenters. The van der Waals surface area contributed by atoms with E-state index in [1.165, 1.54) is 0 Å². The van der Waals surface area contributed by atoms with Crippen LogP contribution in [0.3, 0.4) is 0 Å². The van der Waals surface area contributed by atoms with Crippen LogP contribution in [-0.2, 0) is 4.74 Å². The fourth-order valence-electron chi connectivity index (χ4n) is 2.05. The van der Waals surface area contributed by atoms with E-state index in [0.29, 0.717) is 16.8 Å². The second-order valence-electron chi connectivity index (χ2n) is 6.33. The number of aromatic nitrogens is 2. The number of ether oxygens (including phenoxy) is 1. The number of carbonyl (C=O) groups excluding carboxylic acids is 1. The van der Waals surface area contributed by atoms with E-state index in [2.05, 4.69) is 36.5 Å². The maximum absolute atomic E-state index is 12.0. The van der Waals surface area contributed by atoms with E-state index in [1.54, 1.807) is 6.20 Å². The highest BCUT2D eigenvalue weighted by Crippen LogP contribution is 2.25. The molecule has 25 heavy (non-hydrogen) atoms. The molecule has 0 saturated carbocycles. The third-order valence-corrected chi connectivity index (χ3v) is 3.84. The minimum atomic E-state index is -0.553. The van der Waals surface area contributed by atoms with Crippen molar-refractivity contribution in [2.24, 2.45) is 0 Å². The lowest BCUT2D eigenvalue weighted by Gasteiger charge is -2.23. The lowest BCUT2D eigenvalue weighted by molar-refractivity contribution is 0.0525. The zero-order valence-corrected chi connectivity index (χ0v) is 16.6. The van der Waals surface area contributed by atoms with Gasteiger partial charge >= 0.3 is 6.09 Å². The van der Waals surface area contributed by atoms with E-state index in [-0.39, 0.29) is 11.3 Å². The Balaban J connectivity index is 2.14. The maximum Gasteiger partial charge on any atom is 0.407 e. The molecule has 0 bridgehead atoms. The van der Waals surface area contributed by atoms with Crippen molar-refractivity contribution in [1.29, 1.82) is 0 Å². The molecule has 0 fully saturated rings. The highest BCUT2D eigenvalue weighted by atomic mass is 79.9. The van der Waals surface area contributed by atoms with Crippen molar-refractivity contribution in [3.8, 4) is 0 Å². The highest BCUT2D eigenvalue weighted by molar-refractivity contribution is 9.10. The van der Waals surface area contributed by atoms with Crippen LogP contribution in [0.15, 0.2) is 41.0 Å².